The Balaban J connectivity index is 2.41. The molecular formula is C6H10N2O3. The zero-order chi connectivity index (χ0) is 8.43. The predicted molar refractivity (Wildman–Crippen MR) is 36.8 cm³/mol. The Morgan fingerprint density at radius 3 is 2.82 bits per heavy atom. The molecule has 0 spiro atoms. The van der Waals surface area contributed by atoms with Crippen molar-refractivity contribution < 1.29 is 14.7 Å². The molecule has 5 nitrogen and oxygen atoms in total. The minimum Gasteiger partial charge on any atom is -0.481 e. The molecule has 62 valence electrons. The lowest BCUT2D eigenvalue weighted by atomic mass is 10.1. The van der Waals surface area contributed by atoms with Gasteiger partial charge in [-0.15, -0.1) is 0 Å². The number of hydrogen-bond donors (Lipinski definition) is 3. The van der Waals surface area contributed by atoms with Crippen molar-refractivity contribution in [1.29, 1.82) is 0 Å². The summed E-state index contributed by atoms with van der Waals surface area (Å²) < 4.78 is 0. The van der Waals surface area contributed by atoms with Crippen LogP contribution >= 0.6 is 0 Å². The van der Waals surface area contributed by atoms with Gasteiger partial charge in [-0.05, 0) is 6.42 Å². The Hall–Kier alpha value is -1.10. The number of nitrogens with one attached hydrogen (secondary N) is 1. The molecule has 1 rings (SSSR count). The lowest BCUT2D eigenvalue weighted by Gasteiger charge is -2.03. The molecule has 0 bridgehead atoms. The first-order chi connectivity index (χ1) is 5.09. The quantitative estimate of drug-likeness (QED) is 0.464. The number of carboxylic acid groups (broad SMARTS) is 1. The second-order valence-electron chi connectivity index (χ2n) is 2.65. The zero-order valence-corrected chi connectivity index (χ0v) is 5.91. The molecule has 1 fully saturated rings. The molecule has 1 aliphatic heterocycles. The third kappa shape index (κ3) is 1.91. The fourth-order valence-electron chi connectivity index (χ4n) is 1.13. The highest BCUT2D eigenvalue weighted by Crippen LogP contribution is 2.08. The van der Waals surface area contributed by atoms with E-state index in [2.05, 4.69) is 5.32 Å². The zero-order valence-electron chi connectivity index (χ0n) is 5.91. The van der Waals surface area contributed by atoms with Crippen molar-refractivity contribution in [2.24, 2.45) is 5.73 Å². The van der Waals surface area contributed by atoms with Crippen molar-refractivity contribution in [1.82, 2.24) is 5.32 Å². The van der Waals surface area contributed by atoms with Gasteiger partial charge in [-0.3, -0.25) is 9.59 Å². The number of aliphatic carboxylic acids is 1. The number of carboxylic acids is 1. The van der Waals surface area contributed by atoms with E-state index in [0.29, 0.717) is 6.42 Å². The maximum absolute atomic E-state index is 10.7. The standard InChI is InChI=1S/C6H10N2O3/c7-4-1-3(2-5(9)10)8-6(4)11/h3-4H,1-2,7H2,(H,8,11)(H,9,10)/t3-,4+/m1/s1. The normalized spacial score (nSPS) is 30.1. The van der Waals surface area contributed by atoms with E-state index in [0.717, 1.165) is 0 Å². The molecule has 1 amide bonds. The first-order valence-electron chi connectivity index (χ1n) is 3.37. The highest BCUT2D eigenvalue weighted by Gasteiger charge is 2.29. The van der Waals surface area contributed by atoms with E-state index in [-0.39, 0.29) is 18.4 Å². The molecule has 11 heavy (non-hydrogen) atoms. The molecule has 1 aliphatic rings. The van der Waals surface area contributed by atoms with Gasteiger partial charge in [-0.2, -0.15) is 0 Å². The summed E-state index contributed by atoms with van der Waals surface area (Å²) in [7, 11) is 0. The monoisotopic (exact) mass is 158 g/mol. The van der Waals surface area contributed by atoms with Gasteiger partial charge < -0.3 is 16.2 Å². The largest absolute Gasteiger partial charge is 0.481 e. The van der Waals surface area contributed by atoms with Crippen LogP contribution in [0.2, 0.25) is 0 Å². The Morgan fingerprint density at radius 2 is 2.45 bits per heavy atom. The van der Waals surface area contributed by atoms with Gasteiger partial charge in [0.2, 0.25) is 5.91 Å². The number of rotatable bonds is 2. The van der Waals surface area contributed by atoms with Crippen molar-refractivity contribution in [3.63, 3.8) is 0 Å². The maximum Gasteiger partial charge on any atom is 0.305 e. The van der Waals surface area contributed by atoms with E-state index >= 15 is 0 Å². The number of amides is 1. The van der Waals surface area contributed by atoms with Crippen molar-refractivity contribution in [2.75, 3.05) is 0 Å². The molecule has 0 saturated carbocycles. The fraction of sp³-hybridized carbons (Fsp3) is 0.667. The Morgan fingerprint density at radius 1 is 1.82 bits per heavy atom. The summed E-state index contributed by atoms with van der Waals surface area (Å²) in [6.45, 7) is 0. The molecule has 1 heterocycles. The van der Waals surface area contributed by atoms with Gasteiger partial charge in [-0.25, -0.2) is 0 Å². The Bertz CT molecular complexity index is 190. The van der Waals surface area contributed by atoms with Crippen molar-refractivity contribution in [2.45, 2.75) is 24.9 Å². The molecule has 0 unspecified atom stereocenters. The summed E-state index contributed by atoms with van der Waals surface area (Å²) in [6, 6.07) is -0.811. The number of nitrogens with two attached hydrogens (primary N) is 1. The van der Waals surface area contributed by atoms with Gasteiger partial charge in [0.05, 0.1) is 12.5 Å². The molecule has 0 aromatic carbocycles. The van der Waals surface area contributed by atoms with Crippen molar-refractivity contribution in [3.05, 3.63) is 0 Å². The SMILES string of the molecule is N[C@H]1C[C@H](CC(=O)O)NC1=O. The Kier molecular flexibility index (Phi) is 2.09. The predicted octanol–water partition coefficient (Wildman–Crippen LogP) is -1.32. The van der Waals surface area contributed by atoms with Crippen LogP contribution in [0, 0.1) is 0 Å². The first kappa shape index (κ1) is 8.00. The molecule has 0 radical (unpaired) electrons. The van der Waals surface area contributed by atoms with E-state index in [4.69, 9.17) is 10.8 Å². The summed E-state index contributed by atoms with van der Waals surface area (Å²) in [5, 5.41) is 10.8. The van der Waals surface area contributed by atoms with Crippen LogP contribution in [0.1, 0.15) is 12.8 Å². The van der Waals surface area contributed by atoms with Crippen LogP contribution < -0.4 is 11.1 Å². The molecular weight excluding hydrogens is 148 g/mol. The topological polar surface area (TPSA) is 92.4 Å². The maximum atomic E-state index is 10.7. The summed E-state index contributed by atoms with van der Waals surface area (Å²) >= 11 is 0. The summed E-state index contributed by atoms with van der Waals surface area (Å²) in [6.07, 6.45) is 0.380. The number of carbonyl (C=O) groups is 2. The minimum atomic E-state index is -0.913. The molecule has 0 aromatic heterocycles. The van der Waals surface area contributed by atoms with Crippen LogP contribution in [0.4, 0.5) is 0 Å². The van der Waals surface area contributed by atoms with Gasteiger partial charge in [0, 0.05) is 6.04 Å². The molecule has 1 saturated heterocycles. The van der Waals surface area contributed by atoms with Crippen LogP contribution in [0.15, 0.2) is 0 Å². The molecule has 0 aromatic rings. The molecule has 5 heteroatoms. The van der Waals surface area contributed by atoms with E-state index in [1.165, 1.54) is 0 Å². The average Bonchev–Trinajstić information content (AvgIpc) is 2.10. The van der Waals surface area contributed by atoms with Gasteiger partial charge >= 0.3 is 5.97 Å². The van der Waals surface area contributed by atoms with Gasteiger partial charge in [0.25, 0.3) is 0 Å². The average molecular weight is 158 g/mol. The second-order valence-corrected chi connectivity index (χ2v) is 2.65. The number of carbonyl (C=O) groups excluding carboxylic acids is 1. The first-order valence-corrected chi connectivity index (χ1v) is 3.37. The highest BCUT2D eigenvalue weighted by molar-refractivity contribution is 5.85. The van der Waals surface area contributed by atoms with Gasteiger partial charge in [0.1, 0.15) is 0 Å². The molecule has 0 aliphatic carbocycles. The van der Waals surface area contributed by atoms with Crippen molar-refractivity contribution >= 4 is 11.9 Å². The van der Waals surface area contributed by atoms with E-state index < -0.39 is 12.0 Å². The molecule has 4 N–H and O–H groups in total. The highest BCUT2D eigenvalue weighted by atomic mass is 16.4. The lowest BCUT2D eigenvalue weighted by Crippen LogP contribution is -2.31. The Labute approximate surface area is 63.6 Å². The third-order valence-electron chi connectivity index (χ3n) is 1.64. The van der Waals surface area contributed by atoms with Crippen LogP contribution in [0.25, 0.3) is 0 Å². The van der Waals surface area contributed by atoms with E-state index in [1.54, 1.807) is 0 Å². The van der Waals surface area contributed by atoms with Gasteiger partial charge in [0.15, 0.2) is 0 Å². The summed E-state index contributed by atoms with van der Waals surface area (Å²) in [5.41, 5.74) is 5.34. The van der Waals surface area contributed by atoms with E-state index in [9.17, 15) is 9.59 Å². The van der Waals surface area contributed by atoms with Crippen LogP contribution in [-0.4, -0.2) is 29.1 Å². The van der Waals surface area contributed by atoms with Gasteiger partial charge in [-0.1, -0.05) is 0 Å². The van der Waals surface area contributed by atoms with E-state index in [1.807, 2.05) is 0 Å². The summed E-state index contributed by atoms with van der Waals surface area (Å²) in [5.74, 6) is -1.17. The third-order valence-corrected chi connectivity index (χ3v) is 1.64. The van der Waals surface area contributed by atoms with Crippen LogP contribution in [-0.2, 0) is 9.59 Å². The lowest BCUT2D eigenvalue weighted by molar-refractivity contribution is -0.137. The summed E-state index contributed by atoms with van der Waals surface area (Å²) in [4.78, 5) is 20.9. The van der Waals surface area contributed by atoms with Crippen molar-refractivity contribution in [3.8, 4) is 0 Å². The second kappa shape index (κ2) is 2.87. The number of hydrogen-bond acceptors (Lipinski definition) is 3. The van der Waals surface area contributed by atoms with Crippen LogP contribution in [0.5, 0.6) is 0 Å². The smallest absolute Gasteiger partial charge is 0.305 e. The van der Waals surface area contributed by atoms with Crippen LogP contribution in [0.3, 0.4) is 0 Å². The minimum absolute atomic E-state index is 0.0422. The molecule has 2 atom stereocenters. The fourth-order valence-corrected chi connectivity index (χ4v) is 1.13.